The Bertz CT molecular complexity index is 747. The van der Waals surface area contributed by atoms with Gasteiger partial charge in [-0.2, -0.15) is 5.10 Å². The van der Waals surface area contributed by atoms with Crippen molar-refractivity contribution >= 4 is 5.96 Å². The predicted molar refractivity (Wildman–Crippen MR) is 92.0 cm³/mol. The third-order valence-corrected chi connectivity index (χ3v) is 3.55. The summed E-state index contributed by atoms with van der Waals surface area (Å²) in [7, 11) is 1.76. The standard InChI is InChI=1S/C17H20N6O/c1-18-17(20-9-8-16-3-2-10-24-16)21-11-14-4-6-15(7-5-14)23-13-19-12-22-23/h2-7,10,12-13H,8-9,11H2,1H3,(H2,18,20,21). The van der Waals surface area contributed by atoms with Gasteiger partial charge in [0.1, 0.15) is 18.4 Å². The second-order valence-electron chi connectivity index (χ2n) is 5.19. The van der Waals surface area contributed by atoms with Crippen LogP contribution in [-0.2, 0) is 13.0 Å². The van der Waals surface area contributed by atoms with E-state index in [0.29, 0.717) is 6.54 Å². The fraction of sp³-hybridized carbons (Fsp3) is 0.235. The zero-order valence-corrected chi connectivity index (χ0v) is 13.5. The lowest BCUT2D eigenvalue weighted by atomic mass is 10.2. The zero-order chi connectivity index (χ0) is 16.6. The largest absolute Gasteiger partial charge is 0.469 e. The van der Waals surface area contributed by atoms with E-state index >= 15 is 0 Å². The number of furan rings is 1. The van der Waals surface area contributed by atoms with Crippen LogP contribution in [-0.4, -0.2) is 34.3 Å². The Morgan fingerprint density at radius 2 is 2.08 bits per heavy atom. The highest BCUT2D eigenvalue weighted by Crippen LogP contribution is 2.07. The molecule has 24 heavy (non-hydrogen) atoms. The average Bonchev–Trinajstić information content (AvgIpc) is 3.32. The second-order valence-corrected chi connectivity index (χ2v) is 5.19. The summed E-state index contributed by atoms with van der Waals surface area (Å²) >= 11 is 0. The van der Waals surface area contributed by atoms with Gasteiger partial charge in [0.2, 0.25) is 0 Å². The van der Waals surface area contributed by atoms with Crippen LogP contribution in [0, 0.1) is 0 Å². The molecule has 0 unspecified atom stereocenters. The lowest BCUT2D eigenvalue weighted by Gasteiger charge is -2.11. The number of hydrogen-bond acceptors (Lipinski definition) is 4. The maximum atomic E-state index is 5.31. The molecule has 0 saturated heterocycles. The van der Waals surface area contributed by atoms with Gasteiger partial charge in [0.05, 0.1) is 12.0 Å². The molecule has 1 aromatic carbocycles. The minimum Gasteiger partial charge on any atom is -0.469 e. The quantitative estimate of drug-likeness (QED) is 0.533. The molecular weight excluding hydrogens is 304 g/mol. The van der Waals surface area contributed by atoms with Crippen LogP contribution in [0.3, 0.4) is 0 Å². The van der Waals surface area contributed by atoms with E-state index in [4.69, 9.17) is 4.42 Å². The van der Waals surface area contributed by atoms with Crippen molar-refractivity contribution in [1.29, 1.82) is 0 Å². The number of nitrogens with one attached hydrogen (secondary N) is 2. The van der Waals surface area contributed by atoms with Crippen molar-refractivity contribution in [2.24, 2.45) is 4.99 Å². The highest BCUT2D eigenvalue weighted by atomic mass is 16.3. The Hall–Kier alpha value is -3.09. The Labute approximate surface area is 140 Å². The molecule has 3 aromatic rings. The molecule has 0 radical (unpaired) electrons. The molecule has 2 heterocycles. The van der Waals surface area contributed by atoms with Gasteiger partial charge in [-0.3, -0.25) is 4.99 Å². The molecule has 0 aliphatic heterocycles. The third kappa shape index (κ3) is 4.22. The SMILES string of the molecule is CN=C(NCCc1ccco1)NCc1ccc(-n2cncn2)cc1. The maximum absolute atomic E-state index is 5.31. The number of hydrogen-bond donors (Lipinski definition) is 2. The van der Waals surface area contributed by atoms with E-state index in [1.165, 1.54) is 6.33 Å². The molecule has 0 saturated carbocycles. The molecule has 7 heteroatoms. The van der Waals surface area contributed by atoms with E-state index < -0.39 is 0 Å². The molecule has 0 amide bonds. The van der Waals surface area contributed by atoms with Crippen molar-refractivity contribution in [3.8, 4) is 5.69 Å². The van der Waals surface area contributed by atoms with E-state index in [1.807, 2.05) is 24.3 Å². The van der Waals surface area contributed by atoms with Crippen LogP contribution in [0.25, 0.3) is 5.69 Å². The van der Waals surface area contributed by atoms with Gasteiger partial charge in [-0.25, -0.2) is 9.67 Å². The van der Waals surface area contributed by atoms with Crippen LogP contribution in [0.4, 0.5) is 0 Å². The summed E-state index contributed by atoms with van der Waals surface area (Å²) in [6, 6.07) is 12.0. The normalized spacial score (nSPS) is 11.5. The van der Waals surface area contributed by atoms with Gasteiger partial charge < -0.3 is 15.1 Å². The van der Waals surface area contributed by atoms with Gasteiger partial charge in [-0.05, 0) is 29.8 Å². The number of rotatable bonds is 6. The smallest absolute Gasteiger partial charge is 0.191 e. The van der Waals surface area contributed by atoms with E-state index in [2.05, 4.69) is 37.8 Å². The molecule has 0 aliphatic rings. The number of guanidine groups is 1. The summed E-state index contributed by atoms with van der Waals surface area (Å²) < 4.78 is 7.04. The third-order valence-electron chi connectivity index (χ3n) is 3.55. The number of nitrogens with zero attached hydrogens (tertiary/aromatic N) is 4. The molecule has 2 aromatic heterocycles. The van der Waals surface area contributed by atoms with Crippen molar-refractivity contribution in [3.05, 3.63) is 66.6 Å². The molecule has 2 N–H and O–H groups in total. The van der Waals surface area contributed by atoms with Crippen molar-refractivity contribution < 1.29 is 4.42 Å². The summed E-state index contributed by atoms with van der Waals surface area (Å²) in [4.78, 5) is 8.17. The van der Waals surface area contributed by atoms with Crippen LogP contribution in [0.5, 0.6) is 0 Å². The average molecular weight is 324 g/mol. The second kappa shape index (κ2) is 7.96. The molecule has 0 aliphatic carbocycles. The Morgan fingerprint density at radius 1 is 1.21 bits per heavy atom. The first-order valence-corrected chi connectivity index (χ1v) is 7.76. The molecule has 0 fully saturated rings. The molecular formula is C17H20N6O. The van der Waals surface area contributed by atoms with Crippen LogP contribution < -0.4 is 10.6 Å². The van der Waals surface area contributed by atoms with Crippen LogP contribution >= 0.6 is 0 Å². The highest BCUT2D eigenvalue weighted by Gasteiger charge is 2.01. The van der Waals surface area contributed by atoms with Gasteiger partial charge >= 0.3 is 0 Å². The molecule has 0 spiro atoms. The summed E-state index contributed by atoms with van der Waals surface area (Å²) in [5, 5.41) is 10.7. The van der Waals surface area contributed by atoms with Crippen molar-refractivity contribution in [3.63, 3.8) is 0 Å². The van der Waals surface area contributed by atoms with E-state index in [0.717, 1.165) is 35.9 Å². The summed E-state index contributed by atoms with van der Waals surface area (Å²) in [5.41, 5.74) is 2.14. The molecule has 0 atom stereocenters. The highest BCUT2D eigenvalue weighted by molar-refractivity contribution is 5.79. The summed E-state index contributed by atoms with van der Waals surface area (Å²) in [5.74, 6) is 1.73. The zero-order valence-electron chi connectivity index (χ0n) is 13.5. The lowest BCUT2D eigenvalue weighted by Crippen LogP contribution is -2.37. The van der Waals surface area contributed by atoms with Crippen molar-refractivity contribution in [2.75, 3.05) is 13.6 Å². The van der Waals surface area contributed by atoms with Crippen LogP contribution in [0.15, 0.2) is 64.7 Å². The minimum atomic E-state index is 0.693. The van der Waals surface area contributed by atoms with E-state index in [9.17, 15) is 0 Å². The van der Waals surface area contributed by atoms with E-state index in [1.54, 1.807) is 24.3 Å². The predicted octanol–water partition coefficient (Wildman–Crippen LogP) is 1.77. The maximum Gasteiger partial charge on any atom is 0.191 e. The molecule has 7 nitrogen and oxygen atoms in total. The van der Waals surface area contributed by atoms with Gasteiger partial charge in [0, 0.05) is 26.6 Å². The number of benzene rings is 1. The number of aromatic nitrogens is 3. The van der Waals surface area contributed by atoms with Gasteiger partial charge in [0.15, 0.2) is 5.96 Å². The van der Waals surface area contributed by atoms with Crippen molar-refractivity contribution in [1.82, 2.24) is 25.4 Å². The van der Waals surface area contributed by atoms with Crippen LogP contribution in [0.2, 0.25) is 0 Å². The van der Waals surface area contributed by atoms with Gasteiger partial charge in [-0.15, -0.1) is 0 Å². The Morgan fingerprint density at radius 3 is 2.75 bits per heavy atom. The van der Waals surface area contributed by atoms with Crippen LogP contribution in [0.1, 0.15) is 11.3 Å². The Kier molecular flexibility index (Phi) is 5.24. The first-order chi connectivity index (χ1) is 11.8. The molecule has 0 bridgehead atoms. The summed E-state index contributed by atoms with van der Waals surface area (Å²) in [6.07, 6.45) is 5.71. The number of aliphatic imine (C=N–C) groups is 1. The summed E-state index contributed by atoms with van der Waals surface area (Å²) in [6.45, 7) is 1.45. The lowest BCUT2D eigenvalue weighted by molar-refractivity contribution is 0.507. The topological polar surface area (TPSA) is 80.3 Å². The van der Waals surface area contributed by atoms with Gasteiger partial charge in [-0.1, -0.05) is 12.1 Å². The Balaban J connectivity index is 1.46. The minimum absolute atomic E-state index is 0.693. The first kappa shape index (κ1) is 15.8. The first-order valence-electron chi connectivity index (χ1n) is 7.76. The fourth-order valence-corrected chi connectivity index (χ4v) is 2.27. The fourth-order valence-electron chi connectivity index (χ4n) is 2.27. The molecule has 3 rings (SSSR count). The van der Waals surface area contributed by atoms with E-state index in [-0.39, 0.29) is 0 Å². The van der Waals surface area contributed by atoms with Crippen molar-refractivity contribution in [2.45, 2.75) is 13.0 Å². The molecule has 124 valence electrons. The monoisotopic (exact) mass is 324 g/mol. The van der Waals surface area contributed by atoms with Gasteiger partial charge in [0.25, 0.3) is 0 Å².